The van der Waals surface area contributed by atoms with Crippen LogP contribution >= 0.6 is 15.9 Å². The zero-order valence-electron chi connectivity index (χ0n) is 8.59. The number of aromatic amines is 1. The van der Waals surface area contributed by atoms with Crippen LogP contribution in [-0.2, 0) is 0 Å². The summed E-state index contributed by atoms with van der Waals surface area (Å²) in [5, 5.41) is 18.3. The van der Waals surface area contributed by atoms with Crippen LogP contribution in [0.1, 0.15) is 21.7 Å². The summed E-state index contributed by atoms with van der Waals surface area (Å²) in [7, 11) is 0. The lowest BCUT2D eigenvalue weighted by atomic mass is 10.2. The Morgan fingerprint density at radius 2 is 2.00 bits per heavy atom. The van der Waals surface area contributed by atoms with Gasteiger partial charge in [0.2, 0.25) is 0 Å². The van der Waals surface area contributed by atoms with Crippen molar-refractivity contribution in [3.05, 3.63) is 45.7 Å². The number of nitrogens with zero attached hydrogens (tertiary/aromatic N) is 2. The zero-order chi connectivity index (χ0) is 12.3. The summed E-state index contributed by atoms with van der Waals surface area (Å²) in [4.78, 5) is 10.8. The van der Waals surface area contributed by atoms with E-state index >= 15 is 0 Å². The molecule has 0 aliphatic heterocycles. The molecule has 86 valence electrons. The summed E-state index contributed by atoms with van der Waals surface area (Å²) in [6, 6.07) is 7.63. The Morgan fingerprint density at radius 3 is 2.65 bits per heavy atom. The fourth-order valence-electron chi connectivity index (χ4n) is 1.26. The number of aromatic nitrogens is 3. The number of benzene rings is 1. The van der Waals surface area contributed by atoms with E-state index in [1.807, 2.05) is 24.3 Å². The second-order valence-electron chi connectivity index (χ2n) is 3.26. The zero-order valence-corrected chi connectivity index (χ0v) is 10.2. The molecule has 5 nitrogen and oxygen atoms in total. The highest BCUT2D eigenvalue weighted by molar-refractivity contribution is 9.10. The van der Waals surface area contributed by atoms with Gasteiger partial charge in [-0.3, -0.25) is 5.10 Å². The minimum atomic E-state index is -1.10. The van der Waals surface area contributed by atoms with E-state index in [9.17, 15) is 4.79 Å². The first-order chi connectivity index (χ1) is 8.16. The average Bonchev–Trinajstić information content (AvgIpc) is 2.76. The van der Waals surface area contributed by atoms with Crippen LogP contribution in [0, 0.1) is 0 Å². The molecular weight excluding hydrogens is 286 g/mol. The van der Waals surface area contributed by atoms with Crippen LogP contribution in [0.5, 0.6) is 0 Å². The molecule has 0 radical (unpaired) electrons. The van der Waals surface area contributed by atoms with Gasteiger partial charge in [0.15, 0.2) is 5.69 Å². The Balaban J connectivity index is 2.23. The van der Waals surface area contributed by atoms with Crippen LogP contribution in [0.25, 0.3) is 12.2 Å². The van der Waals surface area contributed by atoms with Gasteiger partial charge in [-0.15, -0.1) is 5.10 Å². The highest BCUT2D eigenvalue weighted by atomic mass is 79.9. The Labute approximate surface area is 105 Å². The molecule has 2 N–H and O–H groups in total. The maximum Gasteiger partial charge on any atom is 0.358 e. The first-order valence-electron chi connectivity index (χ1n) is 4.75. The molecule has 0 unspecified atom stereocenters. The molecule has 0 spiro atoms. The van der Waals surface area contributed by atoms with Gasteiger partial charge in [-0.1, -0.05) is 39.4 Å². The average molecular weight is 294 g/mol. The number of carboxylic acids is 1. The monoisotopic (exact) mass is 293 g/mol. The van der Waals surface area contributed by atoms with Crippen LogP contribution in [0.15, 0.2) is 28.7 Å². The molecular formula is C11H8BrN3O2. The summed E-state index contributed by atoms with van der Waals surface area (Å²) < 4.78 is 0.990. The topological polar surface area (TPSA) is 78.9 Å². The molecule has 0 amide bonds. The SMILES string of the molecule is O=C(O)c1nn[nH]c1/C=C/c1ccc(Br)cc1. The van der Waals surface area contributed by atoms with E-state index in [2.05, 4.69) is 31.3 Å². The van der Waals surface area contributed by atoms with E-state index in [0.29, 0.717) is 5.69 Å². The predicted molar refractivity (Wildman–Crippen MR) is 66.4 cm³/mol. The normalized spacial score (nSPS) is 10.9. The van der Waals surface area contributed by atoms with E-state index in [1.54, 1.807) is 12.2 Å². The third kappa shape index (κ3) is 2.79. The number of nitrogens with one attached hydrogen (secondary N) is 1. The fraction of sp³-hybridized carbons (Fsp3) is 0. The lowest BCUT2D eigenvalue weighted by molar-refractivity contribution is 0.0690. The first kappa shape index (κ1) is 11.5. The van der Waals surface area contributed by atoms with Gasteiger partial charge in [-0.2, -0.15) is 0 Å². The fourth-order valence-corrected chi connectivity index (χ4v) is 1.53. The first-order valence-corrected chi connectivity index (χ1v) is 5.54. The van der Waals surface area contributed by atoms with Crippen LogP contribution in [0.3, 0.4) is 0 Å². The highest BCUT2D eigenvalue weighted by Crippen LogP contribution is 2.13. The van der Waals surface area contributed by atoms with Gasteiger partial charge in [0.25, 0.3) is 0 Å². The van der Waals surface area contributed by atoms with Gasteiger partial charge in [-0.25, -0.2) is 4.79 Å². The number of H-pyrrole nitrogens is 1. The molecule has 1 aromatic carbocycles. The summed E-state index contributed by atoms with van der Waals surface area (Å²) in [5.74, 6) is -1.10. The molecule has 0 atom stereocenters. The van der Waals surface area contributed by atoms with Crippen molar-refractivity contribution in [3.63, 3.8) is 0 Å². The highest BCUT2D eigenvalue weighted by Gasteiger charge is 2.11. The number of hydrogen-bond acceptors (Lipinski definition) is 3. The van der Waals surface area contributed by atoms with E-state index in [0.717, 1.165) is 10.0 Å². The molecule has 2 aromatic rings. The van der Waals surface area contributed by atoms with Crippen molar-refractivity contribution in [3.8, 4) is 0 Å². The third-order valence-corrected chi connectivity index (χ3v) is 2.62. The van der Waals surface area contributed by atoms with Crippen molar-refractivity contribution in [1.82, 2.24) is 15.4 Å². The number of rotatable bonds is 3. The van der Waals surface area contributed by atoms with Gasteiger partial charge in [0.05, 0.1) is 5.69 Å². The maximum atomic E-state index is 10.8. The van der Waals surface area contributed by atoms with Crippen molar-refractivity contribution in [2.75, 3.05) is 0 Å². The van der Waals surface area contributed by atoms with Crippen LogP contribution < -0.4 is 0 Å². The lowest BCUT2D eigenvalue weighted by Gasteiger charge is -1.93. The molecule has 0 bridgehead atoms. The van der Waals surface area contributed by atoms with E-state index in [1.165, 1.54) is 0 Å². The van der Waals surface area contributed by atoms with Gasteiger partial charge in [0.1, 0.15) is 0 Å². The molecule has 6 heteroatoms. The second kappa shape index (κ2) is 4.92. The van der Waals surface area contributed by atoms with Gasteiger partial charge >= 0.3 is 5.97 Å². The van der Waals surface area contributed by atoms with E-state index < -0.39 is 5.97 Å². The molecule has 0 saturated heterocycles. The number of halogens is 1. The summed E-state index contributed by atoms with van der Waals surface area (Å²) in [6.45, 7) is 0. The van der Waals surface area contributed by atoms with E-state index in [-0.39, 0.29) is 5.69 Å². The Morgan fingerprint density at radius 1 is 1.29 bits per heavy atom. The smallest absolute Gasteiger partial charge is 0.358 e. The maximum absolute atomic E-state index is 10.8. The molecule has 17 heavy (non-hydrogen) atoms. The predicted octanol–water partition coefficient (Wildman–Crippen LogP) is 2.44. The number of hydrogen-bond donors (Lipinski definition) is 2. The minimum absolute atomic E-state index is 0.0849. The van der Waals surface area contributed by atoms with E-state index in [4.69, 9.17) is 5.11 Å². The molecule has 2 rings (SSSR count). The van der Waals surface area contributed by atoms with Crippen molar-refractivity contribution in [2.24, 2.45) is 0 Å². The molecule has 0 aliphatic carbocycles. The lowest BCUT2D eigenvalue weighted by Crippen LogP contribution is -1.98. The van der Waals surface area contributed by atoms with Crippen LogP contribution in [-0.4, -0.2) is 26.5 Å². The number of carbonyl (C=O) groups is 1. The van der Waals surface area contributed by atoms with Crippen molar-refractivity contribution in [1.29, 1.82) is 0 Å². The number of aromatic carboxylic acids is 1. The Kier molecular flexibility index (Phi) is 3.34. The molecule has 1 aromatic heterocycles. The Hall–Kier alpha value is -1.95. The van der Waals surface area contributed by atoms with Crippen molar-refractivity contribution in [2.45, 2.75) is 0 Å². The standard InChI is InChI=1S/C11H8BrN3O2/c12-8-4-1-7(2-5-8)3-6-9-10(11(16)17)14-15-13-9/h1-6H,(H,16,17)(H,13,14,15)/b6-3+. The Bertz CT molecular complexity index is 560. The van der Waals surface area contributed by atoms with Crippen molar-refractivity contribution < 1.29 is 9.90 Å². The van der Waals surface area contributed by atoms with Crippen LogP contribution in [0.2, 0.25) is 0 Å². The molecule has 1 heterocycles. The van der Waals surface area contributed by atoms with Gasteiger partial charge < -0.3 is 5.11 Å². The summed E-state index contributed by atoms with van der Waals surface area (Å²) in [6.07, 6.45) is 3.42. The summed E-state index contributed by atoms with van der Waals surface area (Å²) >= 11 is 3.34. The molecule has 0 aliphatic rings. The van der Waals surface area contributed by atoms with Crippen LogP contribution in [0.4, 0.5) is 0 Å². The second-order valence-corrected chi connectivity index (χ2v) is 4.18. The number of carboxylic acid groups (broad SMARTS) is 1. The quantitative estimate of drug-likeness (QED) is 0.911. The summed E-state index contributed by atoms with van der Waals surface area (Å²) in [5.41, 5.74) is 1.25. The minimum Gasteiger partial charge on any atom is -0.476 e. The molecule has 0 saturated carbocycles. The third-order valence-electron chi connectivity index (χ3n) is 2.09. The largest absolute Gasteiger partial charge is 0.476 e. The molecule has 0 fully saturated rings. The van der Waals surface area contributed by atoms with Gasteiger partial charge in [-0.05, 0) is 23.8 Å². The van der Waals surface area contributed by atoms with Gasteiger partial charge in [0, 0.05) is 4.47 Å². The van der Waals surface area contributed by atoms with Crippen molar-refractivity contribution >= 4 is 34.1 Å².